The summed E-state index contributed by atoms with van der Waals surface area (Å²) in [5.74, 6) is 0.561. The Kier molecular flexibility index (Phi) is 6.26. The summed E-state index contributed by atoms with van der Waals surface area (Å²) in [6.45, 7) is 0.919. The second-order valence-corrected chi connectivity index (χ2v) is 5.27. The molecule has 2 amide bonds. The average Bonchev–Trinajstić information content (AvgIpc) is 2.54. The largest absolute Gasteiger partial charge is 0.495 e. The van der Waals surface area contributed by atoms with Gasteiger partial charge >= 0.3 is 6.03 Å². The lowest BCUT2D eigenvalue weighted by Crippen LogP contribution is -2.28. The first kappa shape index (κ1) is 17.1. The molecule has 0 aliphatic rings. The molecule has 6 heteroatoms. The maximum atomic E-state index is 12.0. The third kappa shape index (κ3) is 4.87. The van der Waals surface area contributed by atoms with E-state index >= 15 is 0 Å². The van der Waals surface area contributed by atoms with Crippen LogP contribution in [0.5, 0.6) is 5.75 Å². The predicted octanol–water partition coefficient (Wildman–Crippen LogP) is 3.82. The van der Waals surface area contributed by atoms with Crippen molar-refractivity contribution in [1.29, 1.82) is 0 Å². The molecule has 0 aliphatic heterocycles. The summed E-state index contributed by atoms with van der Waals surface area (Å²) < 4.78 is 10.2. The molecule has 0 radical (unpaired) electrons. The van der Waals surface area contributed by atoms with Gasteiger partial charge in [0, 0.05) is 19.3 Å². The number of rotatable bonds is 6. The van der Waals surface area contributed by atoms with Crippen LogP contribution in [0.15, 0.2) is 42.5 Å². The number of anilines is 1. The summed E-state index contributed by atoms with van der Waals surface area (Å²) >= 11 is 6.03. The Balaban J connectivity index is 1.94. The molecule has 0 heterocycles. The topological polar surface area (TPSA) is 59.6 Å². The number of urea groups is 1. The number of nitrogens with one attached hydrogen (secondary N) is 2. The molecule has 2 N–H and O–H groups in total. The molecule has 0 atom stereocenters. The van der Waals surface area contributed by atoms with E-state index in [0.29, 0.717) is 29.6 Å². The molecule has 0 bridgehead atoms. The number of hydrogen-bond acceptors (Lipinski definition) is 3. The Morgan fingerprint density at radius 2 is 1.87 bits per heavy atom. The van der Waals surface area contributed by atoms with Crippen molar-refractivity contribution in [3.63, 3.8) is 0 Å². The third-order valence-electron chi connectivity index (χ3n) is 3.27. The summed E-state index contributed by atoms with van der Waals surface area (Å²) in [6.07, 6.45) is 0. The van der Waals surface area contributed by atoms with Crippen molar-refractivity contribution in [2.24, 2.45) is 0 Å². The highest BCUT2D eigenvalue weighted by atomic mass is 35.5. The van der Waals surface area contributed by atoms with Crippen LogP contribution in [0.25, 0.3) is 0 Å². The second-order valence-electron chi connectivity index (χ2n) is 4.86. The number of hydrogen-bond donors (Lipinski definition) is 2. The van der Waals surface area contributed by atoms with Gasteiger partial charge in [-0.1, -0.05) is 35.9 Å². The summed E-state index contributed by atoms with van der Waals surface area (Å²) in [6, 6.07) is 12.6. The fourth-order valence-electron chi connectivity index (χ4n) is 2.12. The molecule has 0 aromatic heterocycles. The minimum absolute atomic E-state index is 0.307. The maximum Gasteiger partial charge on any atom is 0.319 e. The van der Waals surface area contributed by atoms with Crippen molar-refractivity contribution in [3.05, 3.63) is 58.6 Å². The van der Waals surface area contributed by atoms with Gasteiger partial charge in [0.15, 0.2) is 0 Å². The molecule has 23 heavy (non-hydrogen) atoms. The molecule has 2 aromatic carbocycles. The lowest BCUT2D eigenvalue weighted by Gasteiger charge is -2.12. The fourth-order valence-corrected chi connectivity index (χ4v) is 2.38. The Morgan fingerprint density at radius 3 is 2.52 bits per heavy atom. The zero-order valence-electron chi connectivity index (χ0n) is 13.1. The van der Waals surface area contributed by atoms with Crippen LogP contribution < -0.4 is 15.4 Å². The zero-order valence-corrected chi connectivity index (χ0v) is 13.8. The van der Waals surface area contributed by atoms with Crippen LogP contribution in [0.4, 0.5) is 10.5 Å². The van der Waals surface area contributed by atoms with Gasteiger partial charge in [-0.15, -0.1) is 0 Å². The lowest BCUT2D eigenvalue weighted by atomic mass is 10.1. The molecule has 122 valence electrons. The molecule has 2 aromatic rings. The predicted molar refractivity (Wildman–Crippen MR) is 91.0 cm³/mol. The minimum atomic E-state index is -0.307. The first-order valence-electron chi connectivity index (χ1n) is 7.08. The van der Waals surface area contributed by atoms with E-state index in [2.05, 4.69) is 10.6 Å². The molecule has 0 saturated carbocycles. The molecule has 5 nitrogen and oxygen atoms in total. The zero-order chi connectivity index (χ0) is 16.7. The van der Waals surface area contributed by atoms with Crippen molar-refractivity contribution < 1.29 is 14.3 Å². The molecule has 0 fully saturated rings. The van der Waals surface area contributed by atoms with E-state index in [0.717, 1.165) is 11.1 Å². The van der Waals surface area contributed by atoms with E-state index in [9.17, 15) is 4.79 Å². The van der Waals surface area contributed by atoms with E-state index in [1.54, 1.807) is 32.4 Å². The number of carbonyl (C=O) groups is 1. The van der Waals surface area contributed by atoms with Gasteiger partial charge in [-0.3, -0.25) is 0 Å². The Hall–Kier alpha value is -2.24. The number of carbonyl (C=O) groups excluding carboxylic acids is 1. The van der Waals surface area contributed by atoms with E-state index < -0.39 is 0 Å². The van der Waals surface area contributed by atoms with Crippen molar-refractivity contribution in [1.82, 2.24) is 5.32 Å². The van der Waals surface area contributed by atoms with Crippen molar-refractivity contribution in [3.8, 4) is 5.75 Å². The van der Waals surface area contributed by atoms with E-state index in [-0.39, 0.29) is 6.03 Å². The molecular formula is C17H19ClN2O3. The average molecular weight is 335 g/mol. The van der Waals surface area contributed by atoms with E-state index in [1.807, 2.05) is 24.3 Å². The first-order valence-corrected chi connectivity index (χ1v) is 7.46. The van der Waals surface area contributed by atoms with Gasteiger partial charge in [0.25, 0.3) is 0 Å². The number of benzene rings is 2. The number of amides is 2. The minimum Gasteiger partial charge on any atom is -0.495 e. The SMILES string of the molecule is COCc1ccccc1CNC(=O)Nc1ccc(OC)c(Cl)c1. The Labute approximate surface area is 140 Å². The Bertz CT molecular complexity index is 677. The van der Waals surface area contributed by atoms with Crippen molar-refractivity contribution in [2.75, 3.05) is 19.5 Å². The number of halogens is 1. The monoisotopic (exact) mass is 334 g/mol. The number of ether oxygens (including phenoxy) is 2. The lowest BCUT2D eigenvalue weighted by molar-refractivity contribution is 0.184. The molecular weight excluding hydrogens is 316 g/mol. The van der Waals surface area contributed by atoms with Crippen LogP contribution in [-0.2, 0) is 17.9 Å². The summed E-state index contributed by atoms with van der Waals surface area (Å²) in [4.78, 5) is 12.0. The summed E-state index contributed by atoms with van der Waals surface area (Å²) in [5, 5.41) is 5.99. The molecule has 0 saturated heterocycles. The fraction of sp³-hybridized carbons (Fsp3) is 0.235. The van der Waals surface area contributed by atoms with Crippen LogP contribution >= 0.6 is 11.6 Å². The van der Waals surface area contributed by atoms with Gasteiger partial charge in [-0.25, -0.2) is 4.79 Å². The van der Waals surface area contributed by atoms with Gasteiger partial charge in [0.2, 0.25) is 0 Å². The third-order valence-corrected chi connectivity index (χ3v) is 3.56. The van der Waals surface area contributed by atoms with Crippen LogP contribution in [0, 0.1) is 0 Å². The highest BCUT2D eigenvalue weighted by molar-refractivity contribution is 6.32. The first-order chi connectivity index (χ1) is 11.1. The molecule has 2 rings (SSSR count). The van der Waals surface area contributed by atoms with Crippen LogP contribution in [0.1, 0.15) is 11.1 Å². The number of methoxy groups -OCH3 is 2. The van der Waals surface area contributed by atoms with Gasteiger partial charge in [-0.05, 0) is 29.3 Å². The molecule has 0 spiro atoms. The van der Waals surface area contributed by atoms with Gasteiger partial charge < -0.3 is 20.1 Å². The van der Waals surface area contributed by atoms with Gasteiger partial charge in [0.05, 0.1) is 18.7 Å². The highest BCUT2D eigenvalue weighted by Gasteiger charge is 2.07. The standard InChI is InChI=1S/C17H19ClN2O3/c1-22-11-13-6-4-3-5-12(13)10-19-17(21)20-14-7-8-16(23-2)15(18)9-14/h3-9H,10-11H2,1-2H3,(H2,19,20,21). The second kappa shape index (κ2) is 8.41. The van der Waals surface area contributed by atoms with Crippen molar-refractivity contribution in [2.45, 2.75) is 13.2 Å². The van der Waals surface area contributed by atoms with Gasteiger partial charge in [-0.2, -0.15) is 0 Å². The van der Waals surface area contributed by atoms with Crippen LogP contribution in [-0.4, -0.2) is 20.3 Å². The summed E-state index contributed by atoms with van der Waals surface area (Å²) in [7, 11) is 3.18. The quantitative estimate of drug-likeness (QED) is 0.844. The van der Waals surface area contributed by atoms with E-state index in [1.165, 1.54) is 0 Å². The maximum absolute atomic E-state index is 12.0. The van der Waals surface area contributed by atoms with E-state index in [4.69, 9.17) is 21.1 Å². The van der Waals surface area contributed by atoms with Gasteiger partial charge in [0.1, 0.15) is 5.75 Å². The molecule has 0 aliphatic carbocycles. The normalized spacial score (nSPS) is 10.2. The smallest absolute Gasteiger partial charge is 0.319 e. The van der Waals surface area contributed by atoms with Crippen molar-refractivity contribution >= 4 is 23.3 Å². The van der Waals surface area contributed by atoms with Crippen LogP contribution in [0.3, 0.4) is 0 Å². The molecule has 0 unspecified atom stereocenters. The summed E-state index contributed by atoms with van der Waals surface area (Å²) in [5.41, 5.74) is 2.65. The Morgan fingerprint density at radius 1 is 1.13 bits per heavy atom. The van der Waals surface area contributed by atoms with Crippen LogP contribution in [0.2, 0.25) is 5.02 Å². The highest BCUT2D eigenvalue weighted by Crippen LogP contribution is 2.27.